The SMILES string of the molecule is CNC(=O)OCc1cccc(C#N)n1. The summed E-state index contributed by atoms with van der Waals surface area (Å²) in [5.41, 5.74) is 0.857. The third-order valence-corrected chi connectivity index (χ3v) is 1.48. The number of carbonyl (C=O) groups excluding carboxylic acids is 1. The van der Waals surface area contributed by atoms with Gasteiger partial charge < -0.3 is 10.1 Å². The average molecular weight is 191 g/mol. The summed E-state index contributed by atoms with van der Waals surface area (Å²) in [6.07, 6.45) is -0.519. The van der Waals surface area contributed by atoms with Crippen molar-refractivity contribution in [1.29, 1.82) is 5.26 Å². The standard InChI is InChI=1S/C9H9N3O2/c1-11-9(13)14-6-8-4-2-3-7(5-10)12-8/h2-4H,6H2,1H3,(H,11,13). The predicted molar refractivity (Wildman–Crippen MR) is 48.2 cm³/mol. The summed E-state index contributed by atoms with van der Waals surface area (Å²) in [4.78, 5) is 14.6. The van der Waals surface area contributed by atoms with Crippen molar-refractivity contribution < 1.29 is 9.53 Å². The molecule has 0 saturated carbocycles. The van der Waals surface area contributed by atoms with Crippen molar-refractivity contribution in [1.82, 2.24) is 10.3 Å². The monoisotopic (exact) mass is 191 g/mol. The molecular formula is C9H9N3O2. The molecule has 1 aromatic heterocycles. The maximum Gasteiger partial charge on any atom is 0.407 e. The zero-order chi connectivity index (χ0) is 10.4. The number of pyridine rings is 1. The lowest BCUT2D eigenvalue weighted by molar-refractivity contribution is 0.140. The van der Waals surface area contributed by atoms with E-state index in [1.165, 1.54) is 7.05 Å². The Morgan fingerprint density at radius 3 is 3.14 bits per heavy atom. The molecule has 0 fully saturated rings. The highest BCUT2D eigenvalue weighted by Crippen LogP contribution is 1.99. The predicted octanol–water partition coefficient (Wildman–Crippen LogP) is 0.809. The van der Waals surface area contributed by atoms with E-state index < -0.39 is 6.09 Å². The first-order valence-corrected chi connectivity index (χ1v) is 3.97. The van der Waals surface area contributed by atoms with Crippen molar-refractivity contribution in [3.05, 3.63) is 29.6 Å². The molecule has 0 aromatic carbocycles. The Morgan fingerprint density at radius 1 is 1.71 bits per heavy atom. The minimum absolute atomic E-state index is 0.0647. The zero-order valence-electron chi connectivity index (χ0n) is 7.65. The van der Waals surface area contributed by atoms with Gasteiger partial charge in [-0.2, -0.15) is 5.26 Å². The van der Waals surface area contributed by atoms with Gasteiger partial charge in [0.2, 0.25) is 0 Å². The molecule has 0 unspecified atom stereocenters. The third kappa shape index (κ3) is 2.75. The number of amides is 1. The molecule has 14 heavy (non-hydrogen) atoms. The van der Waals surface area contributed by atoms with Crippen LogP contribution in [0.15, 0.2) is 18.2 Å². The van der Waals surface area contributed by atoms with Crippen molar-refractivity contribution in [3.8, 4) is 6.07 Å². The molecule has 1 amide bonds. The van der Waals surface area contributed by atoms with Crippen LogP contribution in [0, 0.1) is 11.3 Å². The van der Waals surface area contributed by atoms with E-state index in [1.54, 1.807) is 18.2 Å². The van der Waals surface area contributed by atoms with Gasteiger partial charge >= 0.3 is 6.09 Å². The summed E-state index contributed by atoms with van der Waals surface area (Å²) in [6, 6.07) is 6.86. The van der Waals surface area contributed by atoms with E-state index >= 15 is 0 Å². The zero-order valence-corrected chi connectivity index (χ0v) is 7.65. The smallest absolute Gasteiger partial charge is 0.407 e. The number of carbonyl (C=O) groups is 1. The number of nitrogens with zero attached hydrogens (tertiary/aromatic N) is 2. The summed E-state index contributed by atoms with van der Waals surface area (Å²) < 4.78 is 4.75. The van der Waals surface area contributed by atoms with E-state index in [2.05, 4.69) is 10.3 Å². The molecule has 0 atom stereocenters. The Bertz CT molecular complexity index is 371. The Balaban J connectivity index is 2.60. The molecule has 0 bridgehead atoms. The van der Waals surface area contributed by atoms with Crippen molar-refractivity contribution in [3.63, 3.8) is 0 Å². The Kier molecular flexibility index (Phi) is 3.44. The van der Waals surface area contributed by atoms with Gasteiger partial charge in [0.15, 0.2) is 0 Å². The number of aromatic nitrogens is 1. The number of ether oxygens (including phenoxy) is 1. The van der Waals surface area contributed by atoms with Gasteiger partial charge in [-0.3, -0.25) is 0 Å². The third-order valence-electron chi connectivity index (χ3n) is 1.48. The number of nitriles is 1. The Hall–Kier alpha value is -2.09. The van der Waals surface area contributed by atoms with E-state index in [9.17, 15) is 4.79 Å². The highest BCUT2D eigenvalue weighted by atomic mass is 16.5. The first-order valence-electron chi connectivity index (χ1n) is 3.97. The molecular weight excluding hydrogens is 182 g/mol. The fourth-order valence-electron chi connectivity index (χ4n) is 0.834. The molecule has 1 aromatic rings. The second-order valence-electron chi connectivity index (χ2n) is 2.45. The van der Waals surface area contributed by atoms with Gasteiger partial charge in [-0.15, -0.1) is 0 Å². The molecule has 1 N–H and O–H groups in total. The topological polar surface area (TPSA) is 75.0 Å². The number of rotatable bonds is 2. The maximum absolute atomic E-state index is 10.7. The summed E-state index contributed by atoms with van der Waals surface area (Å²) in [7, 11) is 1.47. The van der Waals surface area contributed by atoms with Gasteiger partial charge in [0.25, 0.3) is 0 Å². The van der Waals surface area contributed by atoms with Crippen LogP contribution in [0.3, 0.4) is 0 Å². The lowest BCUT2D eigenvalue weighted by Gasteiger charge is -2.02. The summed E-state index contributed by atoms with van der Waals surface area (Å²) in [5.74, 6) is 0. The summed E-state index contributed by atoms with van der Waals surface area (Å²) >= 11 is 0. The normalized spacial score (nSPS) is 8.86. The van der Waals surface area contributed by atoms with Crippen LogP contribution < -0.4 is 5.32 Å². The fraction of sp³-hybridized carbons (Fsp3) is 0.222. The van der Waals surface area contributed by atoms with E-state index in [-0.39, 0.29) is 6.61 Å². The number of hydrogen-bond acceptors (Lipinski definition) is 4. The minimum Gasteiger partial charge on any atom is -0.443 e. The highest BCUT2D eigenvalue weighted by molar-refractivity contribution is 5.66. The number of nitrogens with one attached hydrogen (secondary N) is 1. The lowest BCUT2D eigenvalue weighted by Crippen LogP contribution is -2.19. The van der Waals surface area contributed by atoms with Gasteiger partial charge in [0, 0.05) is 7.05 Å². The van der Waals surface area contributed by atoms with Gasteiger partial charge in [0.1, 0.15) is 18.4 Å². The lowest BCUT2D eigenvalue weighted by atomic mass is 10.3. The van der Waals surface area contributed by atoms with Crippen LogP contribution in [0.5, 0.6) is 0 Å². The molecule has 0 aliphatic heterocycles. The van der Waals surface area contributed by atoms with Crippen molar-refractivity contribution in [2.24, 2.45) is 0 Å². The summed E-state index contributed by atoms with van der Waals surface area (Å²) in [5, 5.41) is 10.9. The van der Waals surface area contributed by atoms with Gasteiger partial charge in [-0.25, -0.2) is 9.78 Å². The van der Waals surface area contributed by atoms with Crippen LogP contribution >= 0.6 is 0 Å². The van der Waals surface area contributed by atoms with Crippen LogP contribution in [0.4, 0.5) is 4.79 Å². The molecule has 72 valence electrons. The van der Waals surface area contributed by atoms with Gasteiger partial charge in [-0.1, -0.05) is 6.07 Å². The molecule has 0 aliphatic carbocycles. The fourth-order valence-corrected chi connectivity index (χ4v) is 0.834. The first-order chi connectivity index (χ1) is 6.76. The molecule has 5 heteroatoms. The second kappa shape index (κ2) is 4.82. The second-order valence-corrected chi connectivity index (χ2v) is 2.45. The number of hydrogen-bond donors (Lipinski definition) is 1. The molecule has 1 heterocycles. The van der Waals surface area contributed by atoms with Crippen LogP contribution in [0.1, 0.15) is 11.4 Å². The van der Waals surface area contributed by atoms with Crippen molar-refractivity contribution in [2.45, 2.75) is 6.61 Å². The van der Waals surface area contributed by atoms with E-state index in [1.807, 2.05) is 6.07 Å². The molecule has 5 nitrogen and oxygen atoms in total. The summed E-state index contributed by atoms with van der Waals surface area (Å²) in [6.45, 7) is 0.0647. The van der Waals surface area contributed by atoms with Crippen LogP contribution in [-0.4, -0.2) is 18.1 Å². The Morgan fingerprint density at radius 2 is 2.50 bits per heavy atom. The van der Waals surface area contributed by atoms with E-state index in [0.29, 0.717) is 11.4 Å². The largest absolute Gasteiger partial charge is 0.443 e. The maximum atomic E-state index is 10.7. The van der Waals surface area contributed by atoms with Crippen LogP contribution in [-0.2, 0) is 11.3 Å². The van der Waals surface area contributed by atoms with Crippen molar-refractivity contribution >= 4 is 6.09 Å². The van der Waals surface area contributed by atoms with Gasteiger partial charge in [-0.05, 0) is 12.1 Å². The quantitative estimate of drug-likeness (QED) is 0.750. The van der Waals surface area contributed by atoms with Gasteiger partial charge in [0.05, 0.1) is 5.69 Å². The first kappa shape index (κ1) is 9.99. The van der Waals surface area contributed by atoms with Crippen LogP contribution in [0.25, 0.3) is 0 Å². The molecule has 1 rings (SSSR count). The molecule has 0 radical (unpaired) electrons. The molecule has 0 spiro atoms. The average Bonchev–Trinajstić information content (AvgIpc) is 2.26. The Labute approximate surface area is 81.3 Å². The molecule has 0 saturated heterocycles. The van der Waals surface area contributed by atoms with E-state index in [0.717, 1.165) is 0 Å². The van der Waals surface area contributed by atoms with Crippen LogP contribution in [0.2, 0.25) is 0 Å². The highest BCUT2D eigenvalue weighted by Gasteiger charge is 2.00. The molecule has 0 aliphatic rings. The minimum atomic E-state index is -0.519. The van der Waals surface area contributed by atoms with Crippen molar-refractivity contribution in [2.75, 3.05) is 7.05 Å². The van der Waals surface area contributed by atoms with E-state index in [4.69, 9.17) is 10.00 Å². The number of alkyl carbamates (subject to hydrolysis) is 1.